The van der Waals surface area contributed by atoms with Crippen LogP contribution in [-0.4, -0.2) is 16.7 Å². The Morgan fingerprint density at radius 2 is 2.18 bits per heavy atom. The summed E-state index contributed by atoms with van der Waals surface area (Å²) in [7, 11) is 0. The fourth-order valence-electron chi connectivity index (χ4n) is 1.43. The minimum atomic E-state index is -0.466. The van der Waals surface area contributed by atoms with E-state index in [4.69, 9.17) is 4.74 Å². The van der Waals surface area contributed by atoms with Gasteiger partial charge >= 0.3 is 6.09 Å². The molecule has 1 amide bonds. The lowest BCUT2D eigenvalue weighted by Crippen LogP contribution is -2.32. The van der Waals surface area contributed by atoms with Gasteiger partial charge in [-0.05, 0) is 38.8 Å². The average molecular weight is 236 g/mol. The van der Waals surface area contributed by atoms with Gasteiger partial charge in [0.05, 0.1) is 0 Å². The fourth-order valence-corrected chi connectivity index (χ4v) is 1.43. The molecule has 0 bridgehead atoms. The Hall–Kier alpha value is -1.58. The van der Waals surface area contributed by atoms with Crippen molar-refractivity contribution in [2.24, 2.45) is 0 Å². The highest BCUT2D eigenvalue weighted by Crippen LogP contribution is 2.08. The summed E-state index contributed by atoms with van der Waals surface area (Å²) in [5, 5.41) is 2.73. The van der Waals surface area contributed by atoms with Crippen molar-refractivity contribution in [2.75, 3.05) is 0 Å². The fraction of sp³-hybridized carbons (Fsp3) is 0.538. The first-order valence-electron chi connectivity index (χ1n) is 5.82. The van der Waals surface area contributed by atoms with Gasteiger partial charge in [0.15, 0.2) is 0 Å². The van der Waals surface area contributed by atoms with Gasteiger partial charge < -0.3 is 10.1 Å². The van der Waals surface area contributed by atoms with Gasteiger partial charge in [-0.3, -0.25) is 4.98 Å². The van der Waals surface area contributed by atoms with E-state index in [0.29, 0.717) is 6.54 Å². The van der Waals surface area contributed by atoms with Gasteiger partial charge in [0.25, 0.3) is 0 Å². The number of carbonyl (C=O) groups is 1. The van der Waals surface area contributed by atoms with Crippen molar-refractivity contribution >= 4 is 6.09 Å². The number of hydrogen-bond donors (Lipinski definition) is 1. The maximum absolute atomic E-state index is 11.5. The van der Waals surface area contributed by atoms with Crippen LogP contribution in [0.1, 0.15) is 39.0 Å². The summed E-state index contributed by atoms with van der Waals surface area (Å²) in [6, 6.07) is 3.83. The van der Waals surface area contributed by atoms with Crippen LogP contribution >= 0.6 is 0 Å². The molecule has 0 spiro atoms. The molecule has 0 fully saturated rings. The molecule has 0 atom stereocenters. The van der Waals surface area contributed by atoms with E-state index in [-0.39, 0.29) is 0 Å². The molecular formula is C13H20N2O2. The number of hydrogen-bond acceptors (Lipinski definition) is 3. The number of aromatic nitrogens is 1. The summed E-state index contributed by atoms with van der Waals surface area (Å²) in [5.41, 5.74) is 1.57. The van der Waals surface area contributed by atoms with Crippen LogP contribution in [0.4, 0.5) is 4.79 Å². The Morgan fingerprint density at radius 1 is 1.47 bits per heavy atom. The molecule has 1 rings (SSSR count). The van der Waals surface area contributed by atoms with Crippen LogP contribution in [0.25, 0.3) is 0 Å². The number of ether oxygens (including phenoxy) is 1. The third-order valence-electron chi connectivity index (χ3n) is 2.14. The minimum Gasteiger partial charge on any atom is -0.444 e. The number of alkyl carbamates (subject to hydrolysis) is 1. The highest BCUT2D eigenvalue weighted by Gasteiger charge is 2.15. The van der Waals surface area contributed by atoms with E-state index in [0.717, 1.165) is 17.7 Å². The Morgan fingerprint density at radius 3 is 2.76 bits per heavy atom. The van der Waals surface area contributed by atoms with Crippen LogP contribution in [0.2, 0.25) is 0 Å². The number of nitrogens with one attached hydrogen (secondary N) is 1. The summed E-state index contributed by atoms with van der Waals surface area (Å²) in [4.78, 5) is 15.7. The predicted octanol–water partition coefficient (Wildman–Crippen LogP) is 2.67. The molecule has 4 nitrogen and oxygen atoms in total. The molecular weight excluding hydrogens is 216 g/mol. The summed E-state index contributed by atoms with van der Waals surface area (Å²) in [6.07, 6.45) is 2.21. The Balaban J connectivity index is 2.53. The first-order valence-corrected chi connectivity index (χ1v) is 5.82. The molecule has 0 aliphatic rings. The molecule has 4 heteroatoms. The van der Waals surface area contributed by atoms with Gasteiger partial charge in [0.1, 0.15) is 5.60 Å². The Bertz CT molecular complexity index is 383. The predicted molar refractivity (Wildman–Crippen MR) is 66.7 cm³/mol. The number of aryl methyl sites for hydroxylation is 1. The van der Waals surface area contributed by atoms with E-state index in [1.165, 1.54) is 0 Å². The Labute approximate surface area is 102 Å². The van der Waals surface area contributed by atoms with Crippen LogP contribution in [-0.2, 0) is 17.7 Å². The third kappa shape index (κ3) is 4.85. The first-order chi connectivity index (χ1) is 7.92. The number of rotatable bonds is 3. The van der Waals surface area contributed by atoms with Crippen molar-refractivity contribution in [3.05, 3.63) is 29.6 Å². The number of carbonyl (C=O) groups excluding carboxylic acids is 1. The van der Waals surface area contributed by atoms with Crippen molar-refractivity contribution in [1.29, 1.82) is 0 Å². The summed E-state index contributed by atoms with van der Waals surface area (Å²) in [5.74, 6) is 0. The lowest BCUT2D eigenvalue weighted by molar-refractivity contribution is 0.0523. The van der Waals surface area contributed by atoms with Crippen LogP contribution in [0, 0.1) is 0 Å². The molecule has 1 heterocycles. The molecule has 1 aromatic heterocycles. The topological polar surface area (TPSA) is 51.2 Å². The van der Waals surface area contributed by atoms with E-state index in [1.807, 2.05) is 39.8 Å². The van der Waals surface area contributed by atoms with E-state index in [2.05, 4.69) is 10.3 Å². The van der Waals surface area contributed by atoms with Crippen molar-refractivity contribution in [3.63, 3.8) is 0 Å². The van der Waals surface area contributed by atoms with Crippen LogP contribution in [0.5, 0.6) is 0 Å². The van der Waals surface area contributed by atoms with E-state index in [9.17, 15) is 4.79 Å². The van der Waals surface area contributed by atoms with Gasteiger partial charge in [0.2, 0.25) is 0 Å². The van der Waals surface area contributed by atoms with Crippen LogP contribution < -0.4 is 5.32 Å². The monoisotopic (exact) mass is 236 g/mol. The van der Waals surface area contributed by atoms with Gasteiger partial charge in [-0.1, -0.05) is 13.0 Å². The van der Waals surface area contributed by atoms with Crippen LogP contribution in [0.3, 0.4) is 0 Å². The lowest BCUT2D eigenvalue weighted by atomic mass is 10.1. The van der Waals surface area contributed by atoms with Gasteiger partial charge in [-0.25, -0.2) is 4.79 Å². The highest BCUT2D eigenvalue weighted by atomic mass is 16.6. The van der Waals surface area contributed by atoms with Crippen LogP contribution in [0.15, 0.2) is 18.3 Å². The van der Waals surface area contributed by atoms with Crippen molar-refractivity contribution in [1.82, 2.24) is 10.3 Å². The molecule has 0 unspecified atom stereocenters. The van der Waals surface area contributed by atoms with Gasteiger partial charge in [-0.15, -0.1) is 0 Å². The second-order valence-electron chi connectivity index (χ2n) is 4.82. The molecule has 0 radical (unpaired) electrons. The quantitative estimate of drug-likeness (QED) is 0.877. The van der Waals surface area contributed by atoms with Crippen molar-refractivity contribution < 1.29 is 9.53 Å². The van der Waals surface area contributed by atoms with E-state index >= 15 is 0 Å². The average Bonchev–Trinajstić information content (AvgIpc) is 2.24. The lowest BCUT2D eigenvalue weighted by Gasteiger charge is -2.19. The highest BCUT2D eigenvalue weighted by molar-refractivity contribution is 5.67. The SMILES string of the molecule is CCc1ncccc1CNC(=O)OC(C)(C)C. The second-order valence-corrected chi connectivity index (χ2v) is 4.82. The first kappa shape index (κ1) is 13.5. The number of amides is 1. The molecule has 0 aliphatic heterocycles. The smallest absolute Gasteiger partial charge is 0.407 e. The molecule has 1 aromatic rings. The zero-order chi connectivity index (χ0) is 12.9. The maximum atomic E-state index is 11.5. The standard InChI is InChI=1S/C13H20N2O2/c1-5-11-10(7-6-8-14-11)9-15-12(16)17-13(2,3)4/h6-8H,5,9H2,1-4H3,(H,15,16). The molecule has 0 aliphatic carbocycles. The normalized spacial score (nSPS) is 11.1. The molecule has 0 aromatic carbocycles. The zero-order valence-corrected chi connectivity index (χ0v) is 10.9. The zero-order valence-electron chi connectivity index (χ0n) is 10.9. The molecule has 0 saturated carbocycles. The number of pyridine rings is 1. The van der Waals surface area contributed by atoms with Gasteiger partial charge in [0, 0.05) is 18.4 Å². The summed E-state index contributed by atoms with van der Waals surface area (Å²) < 4.78 is 5.16. The molecule has 94 valence electrons. The minimum absolute atomic E-state index is 0.400. The largest absolute Gasteiger partial charge is 0.444 e. The third-order valence-corrected chi connectivity index (χ3v) is 2.14. The van der Waals surface area contributed by atoms with E-state index in [1.54, 1.807) is 6.20 Å². The molecule has 1 N–H and O–H groups in total. The van der Waals surface area contributed by atoms with E-state index < -0.39 is 11.7 Å². The second kappa shape index (κ2) is 5.66. The summed E-state index contributed by atoms with van der Waals surface area (Å²) >= 11 is 0. The van der Waals surface area contributed by atoms with Crippen molar-refractivity contribution in [3.8, 4) is 0 Å². The number of nitrogens with zero attached hydrogens (tertiary/aromatic N) is 1. The summed E-state index contributed by atoms with van der Waals surface area (Å²) in [6.45, 7) is 8.02. The maximum Gasteiger partial charge on any atom is 0.407 e. The van der Waals surface area contributed by atoms with Crippen molar-refractivity contribution in [2.45, 2.75) is 46.3 Å². The molecule has 17 heavy (non-hydrogen) atoms. The Kier molecular flexibility index (Phi) is 4.49. The molecule has 0 saturated heterocycles. The van der Waals surface area contributed by atoms with Gasteiger partial charge in [-0.2, -0.15) is 0 Å².